The van der Waals surface area contributed by atoms with Gasteiger partial charge in [0.15, 0.2) is 0 Å². The number of methoxy groups -OCH3 is 1. The van der Waals surface area contributed by atoms with Crippen molar-refractivity contribution in [3.05, 3.63) is 35.3 Å². The molecule has 0 radical (unpaired) electrons. The number of allylic oxidation sites excluding steroid dienone is 1. The van der Waals surface area contributed by atoms with Crippen molar-refractivity contribution in [3.63, 3.8) is 0 Å². The van der Waals surface area contributed by atoms with Crippen LogP contribution < -0.4 is 0 Å². The highest BCUT2D eigenvalue weighted by atomic mass is 16.6. The zero-order valence-electron chi connectivity index (χ0n) is 24.0. The molecule has 1 saturated heterocycles. The lowest BCUT2D eigenvalue weighted by Gasteiger charge is -2.63. The van der Waals surface area contributed by atoms with Crippen molar-refractivity contribution in [1.82, 2.24) is 0 Å². The molecule has 4 aliphatic rings. The number of hydrogen-bond acceptors (Lipinski definition) is 8. The lowest BCUT2D eigenvalue weighted by Crippen LogP contribution is -2.66. The largest absolute Gasteiger partial charge is 0.472 e. The number of fused-ring (bicyclic) bond motifs is 5. The van der Waals surface area contributed by atoms with Crippen LogP contribution in [0.2, 0.25) is 0 Å². The highest BCUT2D eigenvalue weighted by Gasteiger charge is 2.68. The normalized spacial score (nSPS) is 37.1. The summed E-state index contributed by atoms with van der Waals surface area (Å²) in [7, 11) is 1.35. The number of Topliss-reactive ketones (excluding diaryl/α,β-unsaturated/α-hetero) is 1. The number of hydrogen-bond donors (Lipinski definition) is 0. The van der Waals surface area contributed by atoms with Gasteiger partial charge in [-0.15, -0.1) is 0 Å². The van der Waals surface area contributed by atoms with Gasteiger partial charge in [0.05, 0.1) is 37.9 Å². The number of ketones is 1. The topological polar surface area (TPSA) is 109 Å². The van der Waals surface area contributed by atoms with Crippen molar-refractivity contribution in [1.29, 1.82) is 0 Å². The van der Waals surface area contributed by atoms with E-state index in [1.165, 1.54) is 7.11 Å². The van der Waals surface area contributed by atoms with Crippen molar-refractivity contribution in [3.8, 4) is 0 Å². The van der Waals surface area contributed by atoms with E-state index in [-0.39, 0.29) is 42.4 Å². The van der Waals surface area contributed by atoms with Gasteiger partial charge in [0.25, 0.3) is 0 Å². The molecule has 0 spiro atoms. The second kappa shape index (κ2) is 9.34. The smallest absolute Gasteiger partial charge is 0.310 e. The third kappa shape index (κ3) is 4.00. The molecule has 8 heteroatoms. The molecule has 0 N–H and O–H groups in total. The molecule has 1 aliphatic heterocycles. The summed E-state index contributed by atoms with van der Waals surface area (Å²) < 4.78 is 22.5. The SMILES string of the molecule is COC(=O)C[C@@H]1C(C)(C)[C@@H](OC(=O)C(C)C)[C@H]2CC3=C4CC(=O)O[C@@H](c5ccoc5)[C@]4(C)CC[C@H]3[C@]1(C)C2=O. The van der Waals surface area contributed by atoms with E-state index in [2.05, 4.69) is 6.92 Å². The Kier molecular flexibility index (Phi) is 6.62. The number of carbonyl (C=O) groups excluding carboxylic acids is 4. The van der Waals surface area contributed by atoms with E-state index >= 15 is 0 Å². The summed E-state index contributed by atoms with van der Waals surface area (Å²) in [6, 6.07) is 1.83. The highest BCUT2D eigenvalue weighted by molar-refractivity contribution is 5.92. The lowest BCUT2D eigenvalue weighted by molar-refractivity contribution is -0.200. The van der Waals surface area contributed by atoms with Gasteiger partial charge in [0, 0.05) is 28.2 Å². The Morgan fingerprint density at radius 2 is 1.87 bits per heavy atom. The van der Waals surface area contributed by atoms with Crippen molar-refractivity contribution in [2.24, 2.45) is 39.9 Å². The van der Waals surface area contributed by atoms with Gasteiger partial charge in [-0.05, 0) is 42.7 Å². The molecule has 0 aromatic carbocycles. The van der Waals surface area contributed by atoms with Crippen molar-refractivity contribution in [2.75, 3.05) is 7.11 Å². The minimum absolute atomic E-state index is 0.0417. The number of esters is 3. The van der Waals surface area contributed by atoms with E-state index in [0.29, 0.717) is 6.42 Å². The standard InChI is InChI=1S/C31H40O8/c1-16(2)28(35)39-27-19-12-18-20(31(6,25(19)34)22(29(27,3)4)14-23(32)36-7)8-10-30(5)21(18)13-24(33)38-26(30)17-9-11-37-15-17/h9,11,15-16,19-20,22,26-27H,8,10,12-14H2,1-7H3/t19-,20+,22+,26-,27-,30+,31-/m0/s1. The first-order valence-corrected chi connectivity index (χ1v) is 14.0. The minimum Gasteiger partial charge on any atom is -0.472 e. The molecule has 0 unspecified atom stereocenters. The first kappa shape index (κ1) is 27.7. The molecule has 7 atom stereocenters. The van der Waals surface area contributed by atoms with E-state index in [1.807, 2.05) is 26.8 Å². The predicted octanol–water partition coefficient (Wildman–Crippen LogP) is 5.36. The zero-order chi connectivity index (χ0) is 28.5. The van der Waals surface area contributed by atoms with Crippen LogP contribution in [0.15, 0.2) is 34.2 Å². The highest BCUT2D eigenvalue weighted by Crippen LogP contribution is 2.68. The quantitative estimate of drug-likeness (QED) is 0.279. The summed E-state index contributed by atoms with van der Waals surface area (Å²) in [4.78, 5) is 53.0. The van der Waals surface area contributed by atoms with Crippen LogP contribution in [0, 0.1) is 39.9 Å². The summed E-state index contributed by atoms with van der Waals surface area (Å²) in [5.41, 5.74) is 0.943. The Balaban J connectivity index is 1.68. The summed E-state index contributed by atoms with van der Waals surface area (Å²) in [5.74, 6) is -2.49. The van der Waals surface area contributed by atoms with Gasteiger partial charge < -0.3 is 18.6 Å². The summed E-state index contributed by atoms with van der Waals surface area (Å²) >= 11 is 0. The van der Waals surface area contributed by atoms with Crippen molar-refractivity contribution >= 4 is 23.7 Å². The van der Waals surface area contributed by atoms with E-state index in [9.17, 15) is 19.2 Å². The molecule has 212 valence electrons. The van der Waals surface area contributed by atoms with Gasteiger partial charge in [0.2, 0.25) is 0 Å². The average Bonchev–Trinajstić information content (AvgIpc) is 3.41. The van der Waals surface area contributed by atoms with Gasteiger partial charge in [-0.2, -0.15) is 0 Å². The third-order valence-electron chi connectivity index (χ3n) is 10.5. The molecule has 5 rings (SSSR count). The van der Waals surface area contributed by atoms with Crippen LogP contribution in [0.5, 0.6) is 0 Å². The predicted molar refractivity (Wildman–Crippen MR) is 140 cm³/mol. The van der Waals surface area contributed by atoms with Crippen molar-refractivity contribution < 1.29 is 37.8 Å². The Bertz CT molecular complexity index is 1220. The molecule has 8 nitrogen and oxygen atoms in total. The fraction of sp³-hybridized carbons (Fsp3) is 0.677. The maximum atomic E-state index is 14.4. The monoisotopic (exact) mass is 540 g/mol. The Morgan fingerprint density at radius 3 is 2.49 bits per heavy atom. The summed E-state index contributed by atoms with van der Waals surface area (Å²) in [6.07, 6.45) is 4.11. The van der Waals surface area contributed by atoms with Crippen LogP contribution in [-0.2, 0) is 33.4 Å². The molecule has 2 saturated carbocycles. The second-order valence-corrected chi connectivity index (χ2v) is 13.2. The molecular weight excluding hydrogens is 500 g/mol. The maximum Gasteiger partial charge on any atom is 0.310 e. The first-order chi connectivity index (χ1) is 18.3. The molecule has 3 aliphatic carbocycles. The van der Waals surface area contributed by atoms with E-state index in [0.717, 1.165) is 29.6 Å². The van der Waals surface area contributed by atoms with Crippen LogP contribution in [-0.4, -0.2) is 36.9 Å². The molecular formula is C31H40O8. The third-order valence-corrected chi connectivity index (χ3v) is 10.5. The van der Waals surface area contributed by atoms with E-state index < -0.39 is 46.3 Å². The number of rotatable bonds is 5. The van der Waals surface area contributed by atoms with Gasteiger partial charge in [-0.3, -0.25) is 19.2 Å². The zero-order valence-corrected chi connectivity index (χ0v) is 24.0. The number of ether oxygens (including phenoxy) is 3. The van der Waals surface area contributed by atoms with Gasteiger partial charge in [0.1, 0.15) is 18.0 Å². The Morgan fingerprint density at radius 1 is 1.15 bits per heavy atom. The fourth-order valence-corrected chi connectivity index (χ4v) is 8.46. The van der Waals surface area contributed by atoms with E-state index in [4.69, 9.17) is 18.6 Å². The maximum absolute atomic E-state index is 14.4. The van der Waals surface area contributed by atoms with E-state index in [1.54, 1.807) is 26.4 Å². The van der Waals surface area contributed by atoms with Gasteiger partial charge in [-0.25, -0.2) is 0 Å². The average molecular weight is 541 g/mol. The molecule has 2 heterocycles. The van der Waals surface area contributed by atoms with Crippen molar-refractivity contribution in [2.45, 2.75) is 85.9 Å². The molecule has 3 fully saturated rings. The first-order valence-electron chi connectivity index (χ1n) is 14.0. The Hall–Kier alpha value is -2.90. The molecule has 39 heavy (non-hydrogen) atoms. The Labute approximate surface area is 229 Å². The van der Waals surface area contributed by atoms with Gasteiger partial charge in [-0.1, -0.05) is 47.1 Å². The molecule has 1 aromatic rings. The number of carbonyl (C=O) groups is 4. The van der Waals surface area contributed by atoms with Gasteiger partial charge >= 0.3 is 17.9 Å². The fourth-order valence-electron chi connectivity index (χ4n) is 8.46. The minimum atomic E-state index is -0.877. The lowest BCUT2D eigenvalue weighted by atomic mass is 9.40. The molecule has 1 aromatic heterocycles. The van der Waals surface area contributed by atoms with Crippen LogP contribution in [0.4, 0.5) is 0 Å². The molecule has 0 amide bonds. The van der Waals surface area contributed by atoms with Crippen LogP contribution in [0.3, 0.4) is 0 Å². The summed E-state index contributed by atoms with van der Waals surface area (Å²) in [6.45, 7) is 11.7. The van der Waals surface area contributed by atoms with Crippen LogP contribution in [0.25, 0.3) is 0 Å². The molecule has 2 bridgehead atoms. The van der Waals surface area contributed by atoms with Crippen LogP contribution in [0.1, 0.15) is 85.3 Å². The van der Waals surface area contributed by atoms with Crippen LogP contribution >= 0.6 is 0 Å². The second-order valence-electron chi connectivity index (χ2n) is 13.2. The number of furan rings is 1. The summed E-state index contributed by atoms with van der Waals surface area (Å²) in [5, 5.41) is 0. The number of cyclic esters (lactones) is 1.